The van der Waals surface area contributed by atoms with Gasteiger partial charge in [-0.1, -0.05) is 29.8 Å². The van der Waals surface area contributed by atoms with Crippen molar-refractivity contribution >= 4 is 39.2 Å². The molecule has 0 bridgehead atoms. The van der Waals surface area contributed by atoms with Crippen LogP contribution in [0.1, 0.15) is 12.8 Å². The molecular formula is C19H19ClN2O5S. The number of carbonyl (C=O) groups is 2. The number of anilines is 1. The molecule has 0 aromatic heterocycles. The van der Waals surface area contributed by atoms with Crippen LogP contribution in [0.15, 0.2) is 59.5 Å². The maximum absolute atomic E-state index is 12.8. The highest BCUT2D eigenvalue weighted by molar-refractivity contribution is 7.89. The number of sulfonamides is 1. The molecule has 0 saturated carbocycles. The van der Waals surface area contributed by atoms with E-state index in [2.05, 4.69) is 5.32 Å². The van der Waals surface area contributed by atoms with Gasteiger partial charge in [0, 0.05) is 17.3 Å². The van der Waals surface area contributed by atoms with Crippen LogP contribution in [-0.4, -0.2) is 43.8 Å². The molecular weight excluding hydrogens is 404 g/mol. The summed E-state index contributed by atoms with van der Waals surface area (Å²) >= 11 is 5.81. The van der Waals surface area contributed by atoms with Crippen molar-refractivity contribution in [3.8, 4) is 0 Å². The predicted octanol–water partition coefficient (Wildman–Crippen LogP) is 2.68. The first-order valence-corrected chi connectivity index (χ1v) is 10.5. The van der Waals surface area contributed by atoms with Crippen molar-refractivity contribution in [3.05, 3.63) is 59.6 Å². The molecule has 1 amide bonds. The van der Waals surface area contributed by atoms with Crippen LogP contribution >= 0.6 is 11.6 Å². The lowest BCUT2D eigenvalue weighted by molar-refractivity contribution is -0.150. The number of nitrogens with zero attached hydrogens (tertiary/aromatic N) is 1. The second-order valence-corrected chi connectivity index (χ2v) is 8.58. The molecule has 148 valence electrons. The number of halogens is 1. The second kappa shape index (κ2) is 8.72. The van der Waals surface area contributed by atoms with E-state index >= 15 is 0 Å². The Kier molecular flexibility index (Phi) is 6.33. The highest BCUT2D eigenvalue weighted by Crippen LogP contribution is 2.27. The standard InChI is InChI=1S/C19H19ClN2O5S/c20-14-8-10-16(11-9-14)28(25,26)22-12-4-7-17(22)19(24)27-13-18(23)21-15-5-2-1-3-6-15/h1-3,5-6,8-11,17H,4,7,12-13H2,(H,21,23)/t17-/m0/s1. The molecule has 0 unspecified atom stereocenters. The van der Waals surface area contributed by atoms with Gasteiger partial charge in [-0.3, -0.25) is 9.59 Å². The summed E-state index contributed by atoms with van der Waals surface area (Å²) < 4.78 is 31.9. The molecule has 3 rings (SSSR count). The number of hydrogen-bond acceptors (Lipinski definition) is 5. The highest BCUT2D eigenvalue weighted by atomic mass is 35.5. The number of amides is 1. The molecule has 1 aliphatic heterocycles. The van der Waals surface area contributed by atoms with Gasteiger partial charge in [-0.25, -0.2) is 8.42 Å². The average Bonchev–Trinajstić information content (AvgIpc) is 3.18. The Hall–Kier alpha value is -2.42. The summed E-state index contributed by atoms with van der Waals surface area (Å²) in [5.74, 6) is -1.23. The van der Waals surface area contributed by atoms with Gasteiger partial charge in [0.15, 0.2) is 6.61 Å². The van der Waals surface area contributed by atoms with Crippen molar-refractivity contribution < 1.29 is 22.7 Å². The Morgan fingerprint density at radius 3 is 2.46 bits per heavy atom. The SMILES string of the molecule is O=C(COC(=O)[C@@H]1CCCN1S(=O)(=O)c1ccc(Cl)cc1)Nc1ccccc1. The Bertz CT molecular complexity index is 948. The van der Waals surface area contributed by atoms with E-state index in [-0.39, 0.29) is 11.4 Å². The van der Waals surface area contributed by atoms with E-state index in [0.717, 1.165) is 4.31 Å². The molecule has 9 heteroatoms. The summed E-state index contributed by atoms with van der Waals surface area (Å²) in [4.78, 5) is 24.4. The zero-order valence-corrected chi connectivity index (χ0v) is 16.4. The molecule has 0 spiro atoms. The third-order valence-corrected chi connectivity index (χ3v) is 6.47. The van der Waals surface area contributed by atoms with Gasteiger partial charge in [-0.05, 0) is 49.2 Å². The smallest absolute Gasteiger partial charge is 0.324 e. The lowest BCUT2D eigenvalue weighted by atomic mass is 10.2. The molecule has 0 aliphatic carbocycles. The fourth-order valence-corrected chi connectivity index (χ4v) is 4.73. The highest BCUT2D eigenvalue weighted by Gasteiger charge is 2.40. The van der Waals surface area contributed by atoms with Gasteiger partial charge in [-0.2, -0.15) is 4.31 Å². The van der Waals surface area contributed by atoms with E-state index in [1.54, 1.807) is 24.3 Å². The zero-order valence-electron chi connectivity index (χ0n) is 14.9. The first kappa shape index (κ1) is 20.3. The fourth-order valence-electron chi connectivity index (χ4n) is 2.96. The minimum atomic E-state index is -3.86. The molecule has 1 atom stereocenters. The lowest BCUT2D eigenvalue weighted by Gasteiger charge is -2.22. The van der Waals surface area contributed by atoms with Crippen molar-refractivity contribution in [1.29, 1.82) is 0 Å². The topological polar surface area (TPSA) is 92.8 Å². The summed E-state index contributed by atoms with van der Waals surface area (Å²) in [6.45, 7) is -0.278. The molecule has 1 N–H and O–H groups in total. The van der Waals surface area contributed by atoms with E-state index in [1.807, 2.05) is 6.07 Å². The minimum Gasteiger partial charge on any atom is -0.454 e. The molecule has 1 heterocycles. The van der Waals surface area contributed by atoms with Gasteiger partial charge < -0.3 is 10.1 Å². The lowest BCUT2D eigenvalue weighted by Crippen LogP contribution is -2.42. The number of hydrogen-bond donors (Lipinski definition) is 1. The molecule has 1 aliphatic rings. The predicted molar refractivity (Wildman–Crippen MR) is 104 cm³/mol. The third kappa shape index (κ3) is 4.70. The van der Waals surface area contributed by atoms with Crippen LogP contribution in [0, 0.1) is 0 Å². The van der Waals surface area contributed by atoms with Crippen molar-refractivity contribution in [3.63, 3.8) is 0 Å². The molecule has 0 radical (unpaired) electrons. The Balaban J connectivity index is 1.62. The first-order chi connectivity index (χ1) is 13.4. The number of ether oxygens (including phenoxy) is 1. The van der Waals surface area contributed by atoms with Crippen LogP contribution in [-0.2, 0) is 24.3 Å². The number of carbonyl (C=O) groups excluding carboxylic acids is 2. The van der Waals surface area contributed by atoms with Gasteiger partial charge in [0.1, 0.15) is 6.04 Å². The maximum atomic E-state index is 12.8. The number of rotatable bonds is 6. The quantitative estimate of drug-likeness (QED) is 0.722. The van der Waals surface area contributed by atoms with E-state index < -0.39 is 34.5 Å². The summed E-state index contributed by atoms with van der Waals surface area (Å²) in [5.41, 5.74) is 0.580. The number of esters is 1. The molecule has 2 aromatic rings. The number of nitrogens with one attached hydrogen (secondary N) is 1. The monoisotopic (exact) mass is 422 g/mol. The number of benzene rings is 2. The molecule has 2 aromatic carbocycles. The molecule has 1 fully saturated rings. The number of para-hydroxylation sites is 1. The van der Waals surface area contributed by atoms with E-state index in [0.29, 0.717) is 23.6 Å². The van der Waals surface area contributed by atoms with E-state index in [9.17, 15) is 18.0 Å². The van der Waals surface area contributed by atoms with Crippen LogP contribution in [0.25, 0.3) is 0 Å². The summed E-state index contributed by atoms with van der Waals surface area (Å²) in [6.07, 6.45) is 0.870. The molecule has 7 nitrogen and oxygen atoms in total. The molecule has 1 saturated heterocycles. The fraction of sp³-hybridized carbons (Fsp3) is 0.263. The van der Waals surface area contributed by atoms with Gasteiger partial charge in [0.2, 0.25) is 10.0 Å². The van der Waals surface area contributed by atoms with Crippen molar-refractivity contribution in [1.82, 2.24) is 4.31 Å². The largest absolute Gasteiger partial charge is 0.454 e. The Morgan fingerprint density at radius 1 is 1.11 bits per heavy atom. The van der Waals surface area contributed by atoms with Crippen LogP contribution in [0.2, 0.25) is 5.02 Å². The van der Waals surface area contributed by atoms with Crippen molar-refractivity contribution in [2.24, 2.45) is 0 Å². The summed E-state index contributed by atoms with van der Waals surface area (Å²) in [6, 6.07) is 13.5. The van der Waals surface area contributed by atoms with Gasteiger partial charge in [-0.15, -0.1) is 0 Å². The first-order valence-electron chi connectivity index (χ1n) is 8.67. The van der Waals surface area contributed by atoms with Gasteiger partial charge in [0.05, 0.1) is 4.90 Å². The van der Waals surface area contributed by atoms with Crippen LogP contribution < -0.4 is 5.32 Å². The second-order valence-electron chi connectivity index (χ2n) is 6.25. The Labute approximate surface area is 168 Å². The third-order valence-electron chi connectivity index (χ3n) is 4.30. The van der Waals surface area contributed by atoms with E-state index in [1.165, 1.54) is 24.3 Å². The normalized spacial score (nSPS) is 17.2. The van der Waals surface area contributed by atoms with Gasteiger partial charge >= 0.3 is 5.97 Å². The minimum absolute atomic E-state index is 0.0541. The van der Waals surface area contributed by atoms with Gasteiger partial charge in [0.25, 0.3) is 5.91 Å². The average molecular weight is 423 g/mol. The van der Waals surface area contributed by atoms with E-state index in [4.69, 9.17) is 16.3 Å². The van der Waals surface area contributed by atoms with Crippen LogP contribution in [0.4, 0.5) is 5.69 Å². The van der Waals surface area contributed by atoms with Crippen LogP contribution in [0.3, 0.4) is 0 Å². The van der Waals surface area contributed by atoms with Crippen molar-refractivity contribution in [2.75, 3.05) is 18.5 Å². The maximum Gasteiger partial charge on any atom is 0.324 e. The van der Waals surface area contributed by atoms with Crippen molar-refractivity contribution in [2.45, 2.75) is 23.8 Å². The van der Waals surface area contributed by atoms with Crippen LogP contribution in [0.5, 0.6) is 0 Å². The summed E-state index contributed by atoms with van der Waals surface area (Å²) in [5, 5.41) is 3.02. The Morgan fingerprint density at radius 2 is 1.79 bits per heavy atom. The summed E-state index contributed by atoms with van der Waals surface area (Å²) in [7, 11) is -3.86. The zero-order chi connectivity index (χ0) is 20.1. The molecule has 28 heavy (non-hydrogen) atoms.